The van der Waals surface area contributed by atoms with E-state index in [0.29, 0.717) is 18.3 Å². The minimum atomic E-state index is -0.934. The fraction of sp³-hybridized carbons (Fsp3) is 0.391. The lowest BCUT2D eigenvalue weighted by Crippen LogP contribution is -2.32. The lowest BCUT2D eigenvalue weighted by molar-refractivity contribution is -0.155. The third kappa shape index (κ3) is 6.82. The molecule has 0 radical (unpaired) electrons. The Morgan fingerprint density at radius 1 is 0.931 bits per heavy atom. The van der Waals surface area contributed by atoms with Crippen molar-refractivity contribution in [3.8, 4) is 11.5 Å². The first-order valence-electron chi connectivity index (χ1n) is 9.89. The molecule has 0 spiro atoms. The van der Waals surface area contributed by atoms with Crippen molar-refractivity contribution in [2.45, 2.75) is 46.1 Å². The van der Waals surface area contributed by atoms with Crippen molar-refractivity contribution in [3.05, 3.63) is 54.1 Å². The van der Waals surface area contributed by atoms with Crippen LogP contribution in [0.4, 0.5) is 5.69 Å². The molecule has 0 aliphatic heterocycles. The van der Waals surface area contributed by atoms with Crippen LogP contribution >= 0.6 is 0 Å². The fourth-order valence-electron chi connectivity index (χ4n) is 2.72. The number of hydrogen-bond acceptors (Lipinski definition) is 5. The Labute approximate surface area is 172 Å². The standard InChI is InChI=1S/C23H29NO5/c1-5-16(3)20-9-7-8-10-21(20)24-23(26)17(4)29-22(25)15-28-19-13-11-18(12-14-19)27-6-2/h7-14,16-17H,5-6,15H2,1-4H3,(H,24,26). The van der Waals surface area contributed by atoms with Gasteiger partial charge in [-0.25, -0.2) is 4.79 Å². The zero-order valence-electron chi connectivity index (χ0n) is 17.4. The van der Waals surface area contributed by atoms with E-state index in [1.165, 1.54) is 6.92 Å². The number of carbonyl (C=O) groups is 2. The molecule has 2 atom stereocenters. The van der Waals surface area contributed by atoms with Crippen LogP contribution in [0.1, 0.15) is 45.6 Å². The summed E-state index contributed by atoms with van der Waals surface area (Å²) in [6.45, 7) is 7.94. The number of anilines is 1. The van der Waals surface area contributed by atoms with E-state index >= 15 is 0 Å². The molecule has 2 aromatic rings. The molecule has 0 aliphatic rings. The Balaban J connectivity index is 1.85. The molecule has 0 fully saturated rings. The molecule has 1 amide bonds. The summed E-state index contributed by atoms with van der Waals surface area (Å²) in [6.07, 6.45) is 0.0248. The molecular weight excluding hydrogens is 370 g/mol. The summed E-state index contributed by atoms with van der Waals surface area (Å²) in [5, 5.41) is 2.85. The minimum absolute atomic E-state index is 0.283. The van der Waals surface area contributed by atoms with Crippen molar-refractivity contribution in [2.24, 2.45) is 0 Å². The quantitative estimate of drug-likeness (QED) is 0.594. The number of amides is 1. The highest BCUT2D eigenvalue weighted by Crippen LogP contribution is 2.26. The van der Waals surface area contributed by atoms with Gasteiger partial charge < -0.3 is 19.5 Å². The average Bonchev–Trinajstić information content (AvgIpc) is 2.73. The average molecular weight is 399 g/mol. The Kier molecular flexibility index (Phi) is 8.52. The molecule has 1 N–H and O–H groups in total. The van der Waals surface area contributed by atoms with E-state index in [2.05, 4.69) is 19.2 Å². The fourth-order valence-corrected chi connectivity index (χ4v) is 2.72. The van der Waals surface area contributed by atoms with E-state index in [4.69, 9.17) is 14.2 Å². The van der Waals surface area contributed by atoms with Gasteiger partial charge in [-0.3, -0.25) is 4.79 Å². The Hall–Kier alpha value is -3.02. The van der Waals surface area contributed by atoms with E-state index in [0.717, 1.165) is 23.4 Å². The molecule has 29 heavy (non-hydrogen) atoms. The van der Waals surface area contributed by atoms with Crippen LogP contribution in [0, 0.1) is 0 Å². The first-order chi connectivity index (χ1) is 13.9. The van der Waals surface area contributed by atoms with Gasteiger partial charge in [0.15, 0.2) is 12.7 Å². The van der Waals surface area contributed by atoms with Crippen molar-refractivity contribution >= 4 is 17.6 Å². The largest absolute Gasteiger partial charge is 0.494 e. The maximum atomic E-state index is 12.4. The summed E-state index contributed by atoms with van der Waals surface area (Å²) in [7, 11) is 0. The van der Waals surface area contributed by atoms with Gasteiger partial charge in [0, 0.05) is 5.69 Å². The summed E-state index contributed by atoms with van der Waals surface area (Å²) in [4.78, 5) is 24.5. The number of hydrogen-bond donors (Lipinski definition) is 1. The molecule has 0 saturated heterocycles. The molecule has 6 heteroatoms. The Bertz CT molecular complexity index is 803. The highest BCUT2D eigenvalue weighted by Gasteiger charge is 2.20. The predicted molar refractivity (Wildman–Crippen MR) is 112 cm³/mol. The van der Waals surface area contributed by atoms with Gasteiger partial charge in [0.25, 0.3) is 5.91 Å². The first-order valence-corrected chi connectivity index (χ1v) is 9.89. The predicted octanol–water partition coefficient (Wildman–Crippen LogP) is 4.55. The van der Waals surface area contributed by atoms with Gasteiger partial charge in [-0.05, 0) is 62.1 Å². The zero-order chi connectivity index (χ0) is 21.2. The molecule has 2 rings (SSSR count). The van der Waals surface area contributed by atoms with Crippen LogP contribution in [-0.2, 0) is 14.3 Å². The highest BCUT2D eigenvalue weighted by molar-refractivity contribution is 5.95. The molecule has 0 aliphatic carbocycles. The van der Waals surface area contributed by atoms with Crippen LogP contribution in [0.15, 0.2) is 48.5 Å². The number of benzene rings is 2. The van der Waals surface area contributed by atoms with Gasteiger partial charge in [-0.15, -0.1) is 0 Å². The van der Waals surface area contributed by atoms with Gasteiger partial charge in [-0.2, -0.15) is 0 Å². The van der Waals surface area contributed by atoms with Gasteiger partial charge in [0.2, 0.25) is 0 Å². The monoisotopic (exact) mass is 399 g/mol. The molecule has 0 aromatic heterocycles. The number of para-hydroxylation sites is 1. The molecular formula is C23H29NO5. The normalized spacial score (nSPS) is 12.6. The number of ether oxygens (including phenoxy) is 3. The topological polar surface area (TPSA) is 73.9 Å². The summed E-state index contributed by atoms with van der Waals surface area (Å²) < 4.78 is 16.0. The van der Waals surface area contributed by atoms with E-state index < -0.39 is 12.1 Å². The molecule has 6 nitrogen and oxygen atoms in total. The second-order valence-electron chi connectivity index (χ2n) is 6.71. The summed E-state index contributed by atoms with van der Waals surface area (Å²) >= 11 is 0. The number of nitrogens with one attached hydrogen (secondary N) is 1. The molecule has 0 heterocycles. The van der Waals surface area contributed by atoms with Crippen LogP contribution in [-0.4, -0.2) is 31.2 Å². The Morgan fingerprint density at radius 3 is 2.17 bits per heavy atom. The lowest BCUT2D eigenvalue weighted by Gasteiger charge is -2.18. The second kappa shape index (κ2) is 11.1. The van der Waals surface area contributed by atoms with Crippen LogP contribution in [0.25, 0.3) is 0 Å². The van der Waals surface area contributed by atoms with E-state index in [1.807, 2.05) is 31.2 Å². The van der Waals surface area contributed by atoms with Gasteiger partial charge in [0.05, 0.1) is 6.61 Å². The molecule has 0 bridgehead atoms. The Morgan fingerprint density at radius 2 is 1.55 bits per heavy atom. The number of carbonyl (C=O) groups excluding carboxylic acids is 2. The molecule has 2 aromatic carbocycles. The maximum absolute atomic E-state index is 12.4. The van der Waals surface area contributed by atoms with Crippen LogP contribution in [0.3, 0.4) is 0 Å². The van der Waals surface area contributed by atoms with Crippen molar-refractivity contribution in [2.75, 3.05) is 18.5 Å². The van der Waals surface area contributed by atoms with E-state index in [-0.39, 0.29) is 12.5 Å². The summed E-state index contributed by atoms with van der Waals surface area (Å²) in [6, 6.07) is 14.6. The summed E-state index contributed by atoms with van der Waals surface area (Å²) in [5.74, 6) is 0.564. The SMILES string of the molecule is CCOc1ccc(OCC(=O)OC(C)C(=O)Nc2ccccc2C(C)CC)cc1. The maximum Gasteiger partial charge on any atom is 0.344 e. The van der Waals surface area contributed by atoms with Crippen LogP contribution in [0.2, 0.25) is 0 Å². The first kappa shape index (κ1) is 22.3. The molecule has 0 saturated carbocycles. The second-order valence-corrected chi connectivity index (χ2v) is 6.71. The summed E-state index contributed by atoms with van der Waals surface area (Å²) in [5.41, 5.74) is 1.79. The van der Waals surface area contributed by atoms with Crippen molar-refractivity contribution in [1.29, 1.82) is 0 Å². The van der Waals surface area contributed by atoms with Crippen molar-refractivity contribution in [3.63, 3.8) is 0 Å². The van der Waals surface area contributed by atoms with Crippen LogP contribution < -0.4 is 14.8 Å². The third-order valence-corrected chi connectivity index (χ3v) is 4.53. The smallest absolute Gasteiger partial charge is 0.344 e. The highest BCUT2D eigenvalue weighted by atomic mass is 16.6. The van der Waals surface area contributed by atoms with Gasteiger partial charge in [0.1, 0.15) is 11.5 Å². The molecule has 156 valence electrons. The van der Waals surface area contributed by atoms with E-state index in [1.54, 1.807) is 24.3 Å². The van der Waals surface area contributed by atoms with Crippen LogP contribution in [0.5, 0.6) is 11.5 Å². The number of rotatable bonds is 10. The van der Waals surface area contributed by atoms with Crippen molar-refractivity contribution < 1.29 is 23.8 Å². The zero-order valence-corrected chi connectivity index (χ0v) is 17.4. The van der Waals surface area contributed by atoms with Crippen molar-refractivity contribution in [1.82, 2.24) is 0 Å². The van der Waals surface area contributed by atoms with E-state index in [9.17, 15) is 9.59 Å². The van der Waals surface area contributed by atoms with Gasteiger partial charge >= 0.3 is 5.97 Å². The minimum Gasteiger partial charge on any atom is -0.494 e. The molecule has 2 unspecified atom stereocenters. The van der Waals surface area contributed by atoms with Gasteiger partial charge in [-0.1, -0.05) is 32.0 Å². The third-order valence-electron chi connectivity index (χ3n) is 4.53. The lowest BCUT2D eigenvalue weighted by atomic mass is 9.97. The number of esters is 1.